The van der Waals surface area contributed by atoms with Crippen LogP contribution in [0.15, 0.2) is 5.10 Å². The van der Waals surface area contributed by atoms with Crippen molar-refractivity contribution < 1.29 is 38.0 Å². The maximum atomic E-state index is 11.9. The van der Waals surface area contributed by atoms with E-state index >= 15 is 0 Å². The Balaban J connectivity index is 1.74. The predicted molar refractivity (Wildman–Crippen MR) is 118 cm³/mol. The standard InChI is InChI=1S/C21H25ClN5O7/c1-10(28)31-9-15-16(32-11(2)29)17(33-12(3)30)20(34-15)27-19-14(8-23-27)18(25-21(22)26-19)24-13-6-4-5-7-13/h8,13,15-17H,4-7,9H2,1-3H3,(H,24,25,26)/q+1/b27-20-/t15-,16-,17-/m1/s1. The molecule has 0 unspecified atom stereocenters. The Morgan fingerprint density at radius 2 is 1.82 bits per heavy atom. The quantitative estimate of drug-likeness (QED) is 0.269. The number of rotatable bonds is 6. The monoisotopic (exact) mass is 494 g/mol. The molecule has 1 aromatic heterocycles. The number of esters is 3. The predicted octanol–water partition coefficient (Wildman–Crippen LogP) is 1.70. The van der Waals surface area contributed by atoms with E-state index in [2.05, 4.69) is 20.4 Å². The van der Waals surface area contributed by atoms with Crippen LogP contribution in [0.3, 0.4) is 0 Å². The largest absolute Gasteiger partial charge is 0.462 e. The average Bonchev–Trinajstić information content (AvgIpc) is 3.46. The molecular weight excluding hydrogens is 470 g/mol. The minimum absolute atomic E-state index is 0.00891. The normalized spacial score (nSPS) is 25.6. The number of nitrogens with one attached hydrogen (secondary N) is 1. The third-order valence-electron chi connectivity index (χ3n) is 5.53. The molecule has 0 bridgehead atoms. The first-order valence-electron chi connectivity index (χ1n) is 10.9. The molecule has 4 rings (SSSR count). The lowest BCUT2D eigenvalue weighted by molar-refractivity contribution is -0.457. The maximum Gasteiger partial charge on any atom is 0.367 e. The van der Waals surface area contributed by atoms with Crippen LogP contribution in [0.1, 0.15) is 52.0 Å². The molecule has 0 aromatic carbocycles. The summed E-state index contributed by atoms with van der Waals surface area (Å²) in [4.78, 5) is 43.6. The summed E-state index contributed by atoms with van der Waals surface area (Å²) in [6.45, 7) is 3.43. The number of hydrogen-bond donors (Lipinski definition) is 1. The molecule has 0 spiro atoms. The molecule has 12 nitrogen and oxygen atoms in total. The van der Waals surface area contributed by atoms with E-state index in [9.17, 15) is 14.4 Å². The zero-order valence-corrected chi connectivity index (χ0v) is 19.7. The second-order valence-corrected chi connectivity index (χ2v) is 8.50. The lowest BCUT2D eigenvalue weighted by atomic mass is 10.1. The number of anilines is 1. The van der Waals surface area contributed by atoms with Crippen molar-refractivity contribution in [1.29, 1.82) is 0 Å². The number of fused-ring (bicyclic) bond motifs is 1. The van der Waals surface area contributed by atoms with Crippen molar-refractivity contribution in [2.45, 2.75) is 70.8 Å². The second kappa shape index (κ2) is 9.92. The first kappa shape index (κ1) is 23.9. The van der Waals surface area contributed by atoms with Gasteiger partial charge >= 0.3 is 34.9 Å². The number of carbonyl (C=O) groups excluding carboxylic acids is 3. The Hall–Kier alpha value is -3.28. The molecule has 3 atom stereocenters. The lowest BCUT2D eigenvalue weighted by Crippen LogP contribution is -2.41. The van der Waals surface area contributed by atoms with Gasteiger partial charge in [-0.15, -0.1) is 0 Å². The Labute approximate surface area is 200 Å². The number of carbonyl (C=O) groups is 3. The van der Waals surface area contributed by atoms with Crippen LogP contribution in [-0.4, -0.2) is 75.6 Å². The maximum absolute atomic E-state index is 11.9. The zero-order valence-electron chi connectivity index (χ0n) is 18.9. The van der Waals surface area contributed by atoms with Crippen LogP contribution in [0.5, 0.6) is 0 Å². The summed E-state index contributed by atoms with van der Waals surface area (Å²) in [6.07, 6.45) is 2.67. The van der Waals surface area contributed by atoms with E-state index in [4.69, 9.17) is 30.5 Å². The Kier molecular flexibility index (Phi) is 6.96. The molecule has 3 aliphatic rings. The van der Waals surface area contributed by atoms with Crippen LogP contribution in [0.2, 0.25) is 5.28 Å². The molecule has 1 N–H and O–H groups in total. The van der Waals surface area contributed by atoms with Crippen molar-refractivity contribution in [3.63, 3.8) is 0 Å². The van der Waals surface area contributed by atoms with Crippen molar-refractivity contribution in [2.75, 3.05) is 11.9 Å². The van der Waals surface area contributed by atoms with Crippen molar-refractivity contribution in [2.24, 2.45) is 5.10 Å². The van der Waals surface area contributed by atoms with Crippen LogP contribution in [0, 0.1) is 0 Å². The third-order valence-corrected chi connectivity index (χ3v) is 5.70. The van der Waals surface area contributed by atoms with Gasteiger partial charge in [-0.25, -0.2) is 0 Å². The summed E-state index contributed by atoms with van der Waals surface area (Å²) >= 11 is 6.21. The van der Waals surface area contributed by atoms with Crippen molar-refractivity contribution >= 4 is 53.3 Å². The van der Waals surface area contributed by atoms with E-state index < -0.39 is 36.2 Å². The first-order valence-corrected chi connectivity index (χ1v) is 11.3. The van der Waals surface area contributed by atoms with E-state index in [0.717, 1.165) is 25.7 Å². The van der Waals surface area contributed by atoms with Gasteiger partial charge in [0.2, 0.25) is 6.10 Å². The van der Waals surface area contributed by atoms with Crippen LogP contribution >= 0.6 is 11.6 Å². The number of halogens is 1. The molecule has 1 saturated carbocycles. The van der Waals surface area contributed by atoms with Gasteiger partial charge in [-0.05, 0) is 29.4 Å². The summed E-state index contributed by atoms with van der Waals surface area (Å²) in [6, 6.07) is 0.267. The smallest absolute Gasteiger partial charge is 0.367 e. The highest BCUT2D eigenvalue weighted by Gasteiger charge is 2.53. The van der Waals surface area contributed by atoms with Crippen LogP contribution in [0.25, 0.3) is 0 Å². The van der Waals surface area contributed by atoms with Crippen LogP contribution in [0.4, 0.5) is 11.6 Å². The van der Waals surface area contributed by atoms with Gasteiger partial charge in [0, 0.05) is 26.8 Å². The first-order chi connectivity index (χ1) is 16.2. The highest BCUT2D eigenvalue weighted by molar-refractivity contribution is 6.28. The SMILES string of the molecule is CC(=O)OC[C@H]1O/C(=[N+]2\N=Cc3c(NC4CCCC4)nc(Cl)nc32)[C@H](OC(C)=O)[C@@H]1OC(C)=O. The molecule has 1 saturated heterocycles. The number of hydrazone groups is 1. The minimum Gasteiger partial charge on any atom is -0.462 e. The van der Waals surface area contributed by atoms with Gasteiger partial charge in [0.25, 0.3) is 0 Å². The van der Waals surface area contributed by atoms with E-state index in [1.54, 1.807) is 6.21 Å². The molecule has 1 aliphatic carbocycles. The Morgan fingerprint density at radius 1 is 1.12 bits per heavy atom. The summed E-state index contributed by atoms with van der Waals surface area (Å²) in [5, 5.41) is 7.76. The molecule has 2 fully saturated rings. The van der Waals surface area contributed by atoms with Gasteiger partial charge in [-0.2, -0.15) is 4.98 Å². The minimum atomic E-state index is -1.16. The van der Waals surface area contributed by atoms with E-state index in [1.165, 1.54) is 25.5 Å². The van der Waals surface area contributed by atoms with Gasteiger partial charge in [0.05, 0.1) is 6.21 Å². The zero-order chi connectivity index (χ0) is 24.4. The molecule has 0 radical (unpaired) electrons. The highest BCUT2D eigenvalue weighted by Crippen LogP contribution is 2.33. The number of aromatic nitrogens is 2. The summed E-state index contributed by atoms with van der Waals surface area (Å²) in [7, 11) is 0. The Bertz CT molecular complexity index is 1070. The van der Waals surface area contributed by atoms with Crippen molar-refractivity contribution in [1.82, 2.24) is 9.97 Å². The van der Waals surface area contributed by atoms with Gasteiger partial charge in [-0.3, -0.25) is 14.4 Å². The number of hydrogen-bond acceptors (Lipinski definition) is 11. The molecule has 0 amide bonds. The Morgan fingerprint density at radius 3 is 2.47 bits per heavy atom. The van der Waals surface area contributed by atoms with Gasteiger partial charge in [-0.1, -0.05) is 22.6 Å². The molecular formula is C21H25ClN5O7+. The molecule has 1 aromatic rings. The van der Waals surface area contributed by atoms with Gasteiger partial charge in [0.15, 0.2) is 12.2 Å². The topological polar surface area (TPSA) is 141 Å². The molecule has 3 heterocycles. The fourth-order valence-electron chi connectivity index (χ4n) is 4.17. The summed E-state index contributed by atoms with van der Waals surface area (Å²) in [5.41, 5.74) is 0.585. The van der Waals surface area contributed by atoms with E-state index in [-0.39, 0.29) is 23.8 Å². The van der Waals surface area contributed by atoms with Crippen molar-refractivity contribution in [3.8, 4) is 0 Å². The molecule has 13 heteroatoms. The second-order valence-electron chi connectivity index (χ2n) is 8.16. The average molecular weight is 495 g/mol. The summed E-state index contributed by atoms with van der Waals surface area (Å²) in [5.74, 6) is -0.932. The van der Waals surface area contributed by atoms with Crippen molar-refractivity contribution in [3.05, 3.63) is 10.8 Å². The third kappa shape index (κ3) is 5.11. The molecule has 2 aliphatic heterocycles. The molecule has 34 heavy (non-hydrogen) atoms. The van der Waals surface area contributed by atoms with Crippen LogP contribution < -0.4 is 5.32 Å². The number of ether oxygens (including phenoxy) is 4. The van der Waals surface area contributed by atoms with Gasteiger partial charge < -0.3 is 24.3 Å². The van der Waals surface area contributed by atoms with E-state index in [1.807, 2.05) is 0 Å². The fraction of sp³-hybridized carbons (Fsp3) is 0.571. The van der Waals surface area contributed by atoms with Crippen LogP contribution in [-0.2, 0) is 33.3 Å². The van der Waals surface area contributed by atoms with E-state index in [0.29, 0.717) is 17.2 Å². The lowest BCUT2D eigenvalue weighted by Gasteiger charge is -2.19. The fourth-order valence-corrected chi connectivity index (χ4v) is 4.33. The highest BCUT2D eigenvalue weighted by atomic mass is 35.5. The van der Waals surface area contributed by atoms with Gasteiger partial charge in [0.1, 0.15) is 18.0 Å². The summed E-state index contributed by atoms with van der Waals surface area (Å²) < 4.78 is 23.2. The number of nitrogens with zero attached hydrogens (tertiary/aromatic N) is 4. The molecule has 182 valence electrons.